The summed E-state index contributed by atoms with van der Waals surface area (Å²) in [6.45, 7) is 6.28. The number of rotatable bonds is 9. The van der Waals surface area contributed by atoms with Gasteiger partial charge >= 0.3 is 0 Å². The number of amides is 1. The standard InChI is InChI=1S/C26H25N5O4/c1-4-23(32)28-19-6-5-7-20(15-19)31-24(33)14-17(2)22-16-27-26(30-25(22)31)29-18-8-10-21(11-9-18)35-13-12-34-3/h4-11,14-16H,1,12-13H2,2-3H3,(H,28,32)(H,27,29,30). The van der Waals surface area contributed by atoms with Crippen LogP contribution in [0, 0.1) is 6.92 Å². The second kappa shape index (κ2) is 10.6. The molecule has 2 heterocycles. The van der Waals surface area contributed by atoms with Gasteiger partial charge in [-0.2, -0.15) is 4.98 Å². The molecule has 0 atom stereocenters. The van der Waals surface area contributed by atoms with Gasteiger partial charge in [0.25, 0.3) is 5.56 Å². The number of ether oxygens (including phenoxy) is 2. The number of pyridine rings is 1. The van der Waals surface area contributed by atoms with Crippen molar-refractivity contribution < 1.29 is 14.3 Å². The van der Waals surface area contributed by atoms with Crippen molar-refractivity contribution >= 4 is 34.3 Å². The minimum absolute atomic E-state index is 0.246. The van der Waals surface area contributed by atoms with Crippen molar-refractivity contribution in [3.8, 4) is 11.4 Å². The van der Waals surface area contributed by atoms with E-state index in [1.165, 1.54) is 16.7 Å². The van der Waals surface area contributed by atoms with E-state index in [0.717, 1.165) is 22.4 Å². The molecule has 178 valence electrons. The Morgan fingerprint density at radius 3 is 2.66 bits per heavy atom. The van der Waals surface area contributed by atoms with E-state index >= 15 is 0 Å². The molecule has 0 spiro atoms. The maximum Gasteiger partial charge on any atom is 0.257 e. The summed E-state index contributed by atoms with van der Waals surface area (Å²) in [6, 6.07) is 15.9. The van der Waals surface area contributed by atoms with Crippen LogP contribution in [0.1, 0.15) is 5.56 Å². The fourth-order valence-electron chi connectivity index (χ4n) is 3.49. The third-order valence-electron chi connectivity index (χ3n) is 5.19. The van der Waals surface area contributed by atoms with E-state index in [0.29, 0.717) is 36.2 Å². The number of hydrogen-bond donors (Lipinski definition) is 2. The summed E-state index contributed by atoms with van der Waals surface area (Å²) in [7, 11) is 1.62. The fourth-order valence-corrected chi connectivity index (χ4v) is 3.49. The van der Waals surface area contributed by atoms with Crippen LogP contribution in [0.4, 0.5) is 17.3 Å². The fraction of sp³-hybridized carbons (Fsp3) is 0.154. The van der Waals surface area contributed by atoms with Crippen molar-refractivity contribution in [3.05, 3.63) is 89.4 Å². The molecule has 0 unspecified atom stereocenters. The SMILES string of the molecule is C=CC(=O)Nc1cccc(-n2c(=O)cc(C)c3cnc(Nc4ccc(OCCOC)cc4)nc32)c1. The number of carbonyl (C=O) groups is 1. The molecule has 35 heavy (non-hydrogen) atoms. The largest absolute Gasteiger partial charge is 0.491 e. The molecule has 0 saturated heterocycles. The van der Waals surface area contributed by atoms with Crippen molar-refractivity contribution in [1.29, 1.82) is 0 Å². The van der Waals surface area contributed by atoms with Gasteiger partial charge in [0.2, 0.25) is 11.9 Å². The average molecular weight is 472 g/mol. The molecule has 9 heteroatoms. The van der Waals surface area contributed by atoms with E-state index in [9.17, 15) is 9.59 Å². The number of aromatic nitrogens is 3. The summed E-state index contributed by atoms with van der Waals surface area (Å²) in [5.74, 6) is 0.715. The van der Waals surface area contributed by atoms with Gasteiger partial charge in [-0.1, -0.05) is 12.6 Å². The predicted molar refractivity (Wildman–Crippen MR) is 136 cm³/mol. The Morgan fingerprint density at radius 1 is 1.11 bits per heavy atom. The molecule has 0 saturated carbocycles. The van der Waals surface area contributed by atoms with Crippen LogP contribution in [0.2, 0.25) is 0 Å². The van der Waals surface area contributed by atoms with Crippen molar-refractivity contribution in [2.24, 2.45) is 0 Å². The third kappa shape index (κ3) is 5.53. The number of nitrogens with zero attached hydrogens (tertiary/aromatic N) is 3. The minimum Gasteiger partial charge on any atom is -0.491 e. The highest BCUT2D eigenvalue weighted by Gasteiger charge is 2.13. The van der Waals surface area contributed by atoms with E-state index in [1.54, 1.807) is 37.6 Å². The van der Waals surface area contributed by atoms with E-state index < -0.39 is 0 Å². The van der Waals surface area contributed by atoms with E-state index in [1.807, 2.05) is 31.2 Å². The summed E-state index contributed by atoms with van der Waals surface area (Å²) >= 11 is 0. The number of aryl methyl sites for hydroxylation is 1. The van der Waals surface area contributed by atoms with Crippen molar-refractivity contribution in [2.75, 3.05) is 31.0 Å². The number of benzene rings is 2. The molecule has 0 aliphatic carbocycles. The lowest BCUT2D eigenvalue weighted by Gasteiger charge is -2.14. The first kappa shape index (κ1) is 23.7. The second-order valence-corrected chi connectivity index (χ2v) is 7.67. The molecule has 2 aromatic heterocycles. The number of hydrogen-bond acceptors (Lipinski definition) is 7. The maximum atomic E-state index is 13.0. The number of anilines is 3. The maximum absolute atomic E-state index is 13.0. The summed E-state index contributed by atoms with van der Waals surface area (Å²) in [5.41, 5.74) is 2.82. The number of carbonyl (C=O) groups excluding carboxylic acids is 1. The zero-order valence-electron chi connectivity index (χ0n) is 19.4. The number of nitrogens with one attached hydrogen (secondary N) is 2. The van der Waals surface area contributed by atoms with Crippen LogP contribution in [0.25, 0.3) is 16.7 Å². The Labute approximate surface area is 202 Å². The first-order valence-electron chi connectivity index (χ1n) is 10.9. The molecule has 9 nitrogen and oxygen atoms in total. The highest BCUT2D eigenvalue weighted by molar-refractivity contribution is 5.99. The molecule has 0 bridgehead atoms. The van der Waals surface area contributed by atoms with Gasteiger partial charge in [0, 0.05) is 36.1 Å². The van der Waals surface area contributed by atoms with Gasteiger partial charge in [0.1, 0.15) is 12.4 Å². The molecule has 2 N–H and O–H groups in total. The van der Waals surface area contributed by atoms with Crippen molar-refractivity contribution in [3.63, 3.8) is 0 Å². The lowest BCUT2D eigenvalue weighted by molar-refractivity contribution is -0.111. The summed E-state index contributed by atoms with van der Waals surface area (Å²) in [4.78, 5) is 33.8. The topological polar surface area (TPSA) is 107 Å². The van der Waals surface area contributed by atoms with Crippen LogP contribution >= 0.6 is 0 Å². The molecule has 0 aliphatic heterocycles. The molecule has 0 radical (unpaired) electrons. The summed E-state index contributed by atoms with van der Waals surface area (Å²) in [6.07, 6.45) is 2.87. The van der Waals surface area contributed by atoms with Crippen LogP contribution in [-0.4, -0.2) is 40.8 Å². The lowest BCUT2D eigenvalue weighted by Crippen LogP contribution is -2.20. The van der Waals surface area contributed by atoms with Gasteiger partial charge < -0.3 is 20.1 Å². The Kier molecular flexibility index (Phi) is 7.18. The zero-order valence-corrected chi connectivity index (χ0v) is 19.4. The van der Waals surface area contributed by atoms with Crippen molar-refractivity contribution in [2.45, 2.75) is 6.92 Å². The first-order chi connectivity index (χ1) is 17.0. The number of methoxy groups -OCH3 is 1. The van der Waals surface area contributed by atoms with Gasteiger partial charge in [0.15, 0.2) is 5.65 Å². The van der Waals surface area contributed by atoms with Gasteiger partial charge in [-0.3, -0.25) is 14.2 Å². The Balaban J connectivity index is 1.69. The summed E-state index contributed by atoms with van der Waals surface area (Å²) < 4.78 is 12.1. The Morgan fingerprint density at radius 2 is 1.91 bits per heavy atom. The van der Waals surface area contributed by atoms with E-state index in [4.69, 9.17) is 9.47 Å². The monoisotopic (exact) mass is 471 g/mol. The average Bonchev–Trinajstić information content (AvgIpc) is 2.85. The normalized spacial score (nSPS) is 10.7. The Bertz CT molecular complexity index is 1430. The van der Waals surface area contributed by atoms with Crippen LogP contribution in [-0.2, 0) is 9.53 Å². The van der Waals surface area contributed by atoms with Crippen LogP contribution in [0.15, 0.2) is 78.2 Å². The highest BCUT2D eigenvalue weighted by atomic mass is 16.5. The first-order valence-corrected chi connectivity index (χ1v) is 10.9. The lowest BCUT2D eigenvalue weighted by atomic mass is 10.2. The highest BCUT2D eigenvalue weighted by Crippen LogP contribution is 2.23. The molecule has 0 aliphatic rings. The zero-order chi connectivity index (χ0) is 24.8. The Hall–Kier alpha value is -4.50. The molecule has 4 aromatic rings. The quantitative estimate of drug-likeness (QED) is 0.281. The minimum atomic E-state index is -0.341. The molecule has 2 aromatic carbocycles. The van der Waals surface area contributed by atoms with E-state index in [-0.39, 0.29) is 11.5 Å². The van der Waals surface area contributed by atoms with Crippen LogP contribution in [0.5, 0.6) is 5.75 Å². The van der Waals surface area contributed by atoms with E-state index in [2.05, 4.69) is 27.2 Å². The second-order valence-electron chi connectivity index (χ2n) is 7.67. The number of fused-ring (bicyclic) bond motifs is 1. The predicted octanol–water partition coefficient (Wildman–Crippen LogP) is 3.98. The van der Waals surface area contributed by atoms with Crippen molar-refractivity contribution in [1.82, 2.24) is 14.5 Å². The third-order valence-corrected chi connectivity index (χ3v) is 5.19. The van der Waals surface area contributed by atoms with Gasteiger partial charge in [0.05, 0.1) is 12.3 Å². The molecular formula is C26H25N5O4. The van der Waals surface area contributed by atoms with Crippen LogP contribution in [0.3, 0.4) is 0 Å². The molecular weight excluding hydrogens is 446 g/mol. The van der Waals surface area contributed by atoms with Gasteiger partial charge in [-0.15, -0.1) is 0 Å². The van der Waals surface area contributed by atoms with Gasteiger partial charge in [-0.05, 0) is 61.0 Å². The molecule has 4 rings (SSSR count). The smallest absolute Gasteiger partial charge is 0.257 e. The molecule has 1 amide bonds. The summed E-state index contributed by atoms with van der Waals surface area (Å²) in [5, 5.41) is 6.61. The van der Waals surface area contributed by atoms with Gasteiger partial charge in [-0.25, -0.2) is 4.98 Å². The van der Waals surface area contributed by atoms with Crippen LogP contribution < -0.4 is 20.9 Å². The molecule has 0 fully saturated rings.